The van der Waals surface area contributed by atoms with Crippen LogP contribution in [0.5, 0.6) is 5.75 Å². The number of hydrogen-bond acceptors (Lipinski definition) is 3. The number of nitrogens with one attached hydrogen (secondary N) is 1. The Bertz CT molecular complexity index is 683. The van der Waals surface area contributed by atoms with Crippen LogP contribution in [0, 0.1) is 0 Å². The zero-order valence-corrected chi connectivity index (χ0v) is 15.8. The Morgan fingerprint density at radius 3 is 2.42 bits per heavy atom. The van der Waals surface area contributed by atoms with Crippen molar-refractivity contribution in [3.05, 3.63) is 54.1 Å². The average molecular weight is 354 g/mol. The van der Waals surface area contributed by atoms with Crippen molar-refractivity contribution < 1.29 is 9.53 Å². The lowest BCUT2D eigenvalue weighted by molar-refractivity contribution is -0.121. The van der Waals surface area contributed by atoms with Gasteiger partial charge in [0.1, 0.15) is 5.75 Å². The Morgan fingerprint density at radius 2 is 1.73 bits per heavy atom. The smallest absolute Gasteiger partial charge is 0.220 e. The zero-order valence-electron chi connectivity index (χ0n) is 15.8. The van der Waals surface area contributed by atoms with Gasteiger partial charge in [0, 0.05) is 12.0 Å². The van der Waals surface area contributed by atoms with Gasteiger partial charge in [-0.2, -0.15) is 0 Å². The van der Waals surface area contributed by atoms with E-state index in [1.165, 1.54) is 0 Å². The number of amides is 1. The second kappa shape index (κ2) is 10.6. The van der Waals surface area contributed by atoms with E-state index in [9.17, 15) is 4.79 Å². The highest BCUT2D eigenvalue weighted by molar-refractivity contribution is 5.76. The van der Waals surface area contributed by atoms with Crippen LogP contribution in [0.15, 0.2) is 48.5 Å². The minimum atomic E-state index is -0.00161. The van der Waals surface area contributed by atoms with E-state index in [1.54, 1.807) is 7.11 Å². The second-order valence-electron chi connectivity index (χ2n) is 6.56. The van der Waals surface area contributed by atoms with Crippen LogP contribution in [0.4, 0.5) is 0 Å². The molecule has 2 aromatic carbocycles. The highest BCUT2D eigenvalue weighted by Crippen LogP contribution is 2.30. The first-order valence-electron chi connectivity index (χ1n) is 9.38. The lowest BCUT2D eigenvalue weighted by Gasteiger charge is -2.15. The molecule has 0 saturated heterocycles. The normalized spacial score (nSPS) is 11.8. The maximum Gasteiger partial charge on any atom is 0.220 e. The number of para-hydroxylation sites is 1. The highest BCUT2D eigenvalue weighted by Gasteiger charge is 2.10. The van der Waals surface area contributed by atoms with Gasteiger partial charge in [-0.25, -0.2) is 0 Å². The van der Waals surface area contributed by atoms with Crippen LogP contribution >= 0.6 is 0 Å². The van der Waals surface area contributed by atoms with E-state index in [4.69, 9.17) is 10.5 Å². The summed E-state index contributed by atoms with van der Waals surface area (Å²) in [6.07, 6.45) is 4.70. The molecule has 0 heterocycles. The Kier molecular flexibility index (Phi) is 8.16. The molecule has 0 radical (unpaired) electrons. The summed E-state index contributed by atoms with van der Waals surface area (Å²) in [5, 5.41) is 3.08. The quantitative estimate of drug-likeness (QED) is 0.620. The summed E-state index contributed by atoms with van der Waals surface area (Å²) in [5.74, 6) is 0.968. The van der Waals surface area contributed by atoms with Crippen LogP contribution in [0.25, 0.3) is 11.1 Å². The van der Waals surface area contributed by atoms with Crippen molar-refractivity contribution in [3.63, 3.8) is 0 Å². The SMILES string of the molecule is COc1ccccc1-c1ccc(C(C)NC(=O)CCCCCCN)cc1. The molecule has 26 heavy (non-hydrogen) atoms. The van der Waals surface area contributed by atoms with E-state index in [0.29, 0.717) is 6.42 Å². The van der Waals surface area contributed by atoms with Gasteiger partial charge < -0.3 is 15.8 Å². The van der Waals surface area contributed by atoms with Crippen molar-refractivity contribution in [3.8, 4) is 16.9 Å². The molecule has 1 amide bonds. The van der Waals surface area contributed by atoms with E-state index < -0.39 is 0 Å². The molecular weight excluding hydrogens is 324 g/mol. The molecule has 0 bridgehead atoms. The van der Waals surface area contributed by atoms with Crippen molar-refractivity contribution in [2.75, 3.05) is 13.7 Å². The van der Waals surface area contributed by atoms with Crippen molar-refractivity contribution in [1.82, 2.24) is 5.32 Å². The van der Waals surface area contributed by atoms with Crippen molar-refractivity contribution >= 4 is 5.91 Å². The Balaban J connectivity index is 1.90. The van der Waals surface area contributed by atoms with Gasteiger partial charge in [0.05, 0.1) is 13.2 Å². The van der Waals surface area contributed by atoms with Gasteiger partial charge in [-0.3, -0.25) is 4.79 Å². The lowest BCUT2D eigenvalue weighted by Crippen LogP contribution is -2.26. The molecule has 0 saturated carbocycles. The van der Waals surface area contributed by atoms with Crippen molar-refractivity contribution in [2.24, 2.45) is 5.73 Å². The number of carbonyl (C=O) groups is 1. The molecule has 2 aromatic rings. The fourth-order valence-electron chi connectivity index (χ4n) is 3.01. The van der Waals surface area contributed by atoms with Gasteiger partial charge in [-0.05, 0) is 43.5 Å². The number of methoxy groups -OCH3 is 1. The molecule has 0 aliphatic carbocycles. The molecule has 4 nitrogen and oxygen atoms in total. The molecule has 1 atom stereocenters. The van der Waals surface area contributed by atoms with E-state index in [-0.39, 0.29) is 11.9 Å². The molecule has 0 aromatic heterocycles. The summed E-state index contributed by atoms with van der Waals surface area (Å²) >= 11 is 0. The van der Waals surface area contributed by atoms with Crippen LogP contribution in [-0.4, -0.2) is 19.6 Å². The summed E-state index contributed by atoms with van der Waals surface area (Å²) in [5.41, 5.74) is 8.74. The molecule has 0 fully saturated rings. The highest BCUT2D eigenvalue weighted by atomic mass is 16.5. The Labute approximate surface area is 156 Å². The van der Waals surface area contributed by atoms with Gasteiger partial charge in [-0.1, -0.05) is 55.3 Å². The number of carbonyl (C=O) groups excluding carboxylic acids is 1. The lowest BCUT2D eigenvalue weighted by atomic mass is 10.0. The number of ether oxygens (including phenoxy) is 1. The van der Waals surface area contributed by atoms with Crippen LogP contribution in [0.3, 0.4) is 0 Å². The third-order valence-corrected chi connectivity index (χ3v) is 4.56. The topological polar surface area (TPSA) is 64.3 Å². The number of hydrogen-bond donors (Lipinski definition) is 2. The third-order valence-electron chi connectivity index (χ3n) is 4.56. The monoisotopic (exact) mass is 354 g/mol. The predicted molar refractivity (Wildman–Crippen MR) is 107 cm³/mol. The fourth-order valence-corrected chi connectivity index (χ4v) is 3.01. The summed E-state index contributed by atoms with van der Waals surface area (Å²) < 4.78 is 5.43. The summed E-state index contributed by atoms with van der Waals surface area (Å²) in [7, 11) is 1.68. The predicted octanol–water partition coefficient (Wildman–Crippen LogP) is 4.45. The number of rotatable bonds is 10. The van der Waals surface area contributed by atoms with Crippen LogP contribution in [0.1, 0.15) is 50.6 Å². The van der Waals surface area contributed by atoms with E-state index in [1.807, 2.05) is 31.2 Å². The third kappa shape index (κ3) is 5.88. The van der Waals surface area contributed by atoms with Crippen molar-refractivity contribution in [2.45, 2.75) is 45.1 Å². The molecule has 1 unspecified atom stereocenters. The number of benzene rings is 2. The molecule has 140 valence electrons. The Hall–Kier alpha value is -2.33. The first-order chi connectivity index (χ1) is 12.7. The largest absolute Gasteiger partial charge is 0.496 e. The van der Waals surface area contributed by atoms with Gasteiger partial charge in [0.2, 0.25) is 5.91 Å². The van der Waals surface area contributed by atoms with E-state index >= 15 is 0 Å². The first kappa shape index (κ1) is 20.0. The molecular formula is C22H30N2O2. The molecule has 3 N–H and O–H groups in total. The summed E-state index contributed by atoms with van der Waals surface area (Å²) in [6, 6.07) is 16.2. The molecule has 0 aliphatic heterocycles. The number of unbranched alkanes of at least 4 members (excludes halogenated alkanes) is 3. The van der Waals surface area contributed by atoms with Crippen LogP contribution in [0.2, 0.25) is 0 Å². The van der Waals surface area contributed by atoms with Crippen LogP contribution < -0.4 is 15.8 Å². The summed E-state index contributed by atoms with van der Waals surface area (Å²) in [4.78, 5) is 12.1. The minimum Gasteiger partial charge on any atom is -0.496 e. The van der Waals surface area contributed by atoms with Gasteiger partial charge in [0.25, 0.3) is 0 Å². The molecule has 0 aliphatic rings. The molecule has 0 spiro atoms. The Morgan fingerprint density at radius 1 is 1.04 bits per heavy atom. The molecule has 2 rings (SSSR count). The maximum absolute atomic E-state index is 12.1. The van der Waals surface area contributed by atoms with Crippen LogP contribution in [-0.2, 0) is 4.79 Å². The minimum absolute atomic E-state index is 0.00161. The fraction of sp³-hybridized carbons (Fsp3) is 0.409. The summed E-state index contributed by atoms with van der Waals surface area (Å²) in [6.45, 7) is 2.75. The van der Waals surface area contributed by atoms with E-state index in [0.717, 1.165) is 54.7 Å². The standard InChI is InChI=1S/C22H30N2O2/c1-17(24-22(25)11-5-3-4-8-16-23)18-12-14-19(15-13-18)20-9-6-7-10-21(20)26-2/h6-7,9-10,12-15,17H,3-5,8,11,16,23H2,1-2H3,(H,24,25). The van der Waals surface area contributed by atoms with Gasteiger partial charge in [-0.15, -0.1) is 0 Å². The number of nitrogens with two attached hydrogens (primary N) is 1. The zero-order chi connectivity index (χ0) is 18.8. The van der Waals surface area contributed by atoms with Gasteiger partial charge in [0.15, 0.2) is 0 Å². The maximum atomic E-state index is 12.1. The first-order valence-corrected chi connectivity index (χ1v) is 9.38. The molecule has 4 heteroatoms. The average Bonchev–Trinajstić information content (AvgIpc) is 2.68. The van der Waals surface area contributed by atoms with E-state index in [2.05, 4.69) is 29.6 Å². The van der Waals surface area contributed by atoms with Gasteiger partial charge >= 0.3 is 0 Å². The second-order valence-corrected chi connectivity index (χ2v) is 6.56. The van der Waals surface area contributed by atoms with Crippen molar-refractivity contribution in [1.29, 1.82) is 0 Å².